The summed E-state index contributed by atoms with van der Waals surface area (Å²) in [7, 11) is 0. The van der Waals surface area contributed by atoms with Crippen LogP contribution in [0.4, 0.5) is 0 Å². The van der Waals surface area contributed by atoms with Crippen molar-refractivity contribution in [3.8, 4) is 0 Å². The number of unbranched alkanes of at least 4 members (excludes halogenated alkanes) is 2. The molecule has 4 saturated carbocycles. The maximum Gasteiger partial charge on any atom is 0.325 e. The Bertz CT molecular complexity index is 614. The van der Waals surface area contributed by atoms with E-state index in [0.29, 0.717) is 37.4 Å². The minimum Gasteiger partial charge on any atom is -0.464 e. The van der Waals surface area contributed by atoms with Crippen molar-refractivity contribution in [3.63, 3.8) is 0 Å². The van der Waals surface area contributed by atoms with Crippen molar-refractivity contribution in [2.24, 2.45) is 0 Å². The Morgan fingerprint density at radius 3 is 1.05 bits per heavy atom. The fourth-order valence-corrected chi connectivity index (χ4v) is 7.95. The standard InChI is InChI=1S/C32H56N2O4/c1-3-5-23-37-31(35)29(33(25-15-7-8-16-25)26-17-9-10-18-26)30(32(36)38-24-6-4-2)34(27-19-11-12-20-27)28-21-13-14-22-28/h25-30H,3-24H2,1-2H3. The number of hydrogen-bond acceptors (Lipinski definition) is 6. The molecule has 4 aliphatic carbocycles. The molecule has 4 aliphatic rings. The van der Waals surface area contributed by atoms with E-state index in [1.807, 2.05) is 0 Å². The van der Waals surface area contributed by atoms with Crippen LogP contribution in [0.25, 0.3) is 0 Å². The van der Waals surface area contributed by atoms with Crippen molar-refractivity contribution in [2.45, 2.75) is 179 Å². The van der Waals surface area contributed by atoms with E-state index in [0.717, 1.165) is 77.0 Å². The average molecular weight is 533 g/mol. The molecule has 0 aromatic rings. The van der Waals surface area contributed by atoms with Crippen molar-refractivity contribution >= 4 is 11.9 Å². The van der Waals surface area contributed by atoms with E-state index in [2.05, 4.69) is 23.6 Å². The Labute approximate surface area is 232 Å². The maximum atomic E-state index is 14.3. The fourth-order valence-electron chi connectivity index (χ4n) is 7.95. The van der Waals surface area contributed by atoms with Gasteiger partial charge in [-0.3, -0.25) is 19.4 Å². The molecular formula is C32H56N2O4. The van der Waals surface area contributed by atoms with Crippen LogP contribution < -0.4 is 0 Å². The highest BCUT2D eigenvalue weighted by Crippen LogP contribution is 2.39. The second-order valence-electron chi connectivity index (χ2n) is 12.6. The van der Waals surface area contributed by atoms with Gasteiger partial charge >= 0.3 is 11.9 Å². The van der Waals surface area contributed by atoms with Gasteiger partial charge in [-0.15, -0.1) is 0 Å². The highest BCUT2D eigenvalue weighted by atomic mass is 16.5. The summed E-state index contributed by atoms with van der Waals surface area (Å²) < 4.78 is 12.1. The van der Waals surface area contributed by atoms with E-state index in [1.54, 1.807) is 0 Å². The Morgan fingerprint density at radius 2 is 0.816 bits per heavy atom. The van der Waals surface area contributed by atoms with Crippen LogP contribution in [-0.2, 0) is 19.1 Å². The van der Waals surface area contributed by atoms with Crippen LogP contribution in [0.5, 0.6) is 0 Å². The van der Waals surface area contributed by atoms with Gasteiger partial charge in [-0.1, -0.05) is 78.1 Å². The first kappa shape index (κ1) is 29.8. The molecule has 0 N–H and O–H groups in total. The van der Waals surface area contributed by atoms with Gasteiger partial charge in [-0.25, -0.2) is 0 Å². The monoisotopic (exact) mass is 532 g/mol. The minimum atomic E-state index is -0.562. The van der Waals surface area contributed by atoms with E-state index in [4.69, 9.17) is 9.47 Å². The summed E-state index contributed by atoms with van der Waals surface area (Å²) in [5.74, 6) is -0.341. The fraction of sp³-hybridized carbons (Fsp3) is 0.938. The second-order valence-corrected chi connectivity index (χ2v) is 12.6. The lowest BCUT2D eigenvalue weighted by atomic mass is 9.94. The van der Waals surface area contributed by atoms with Crippen LogP contribution in [0.1, 0.15) is 142 Å². The first-order valence-electron chi connectivity index (χ1n) is 16.5. The van der Waals surface area contributed by atoms with Gasteiger partial charge in [-0.2, -0.15) is 0 Å². The molecular weight excluding hydrogens is 476 g/mol. The molecule has 0 amide bonds. The molecule has 6 heteroatoms. The van der Waals surface area contributed by atoms with Gasteiger partial charge < -0.3 is 9.47 Å². The molecule has 0 saturated heterocycles. The predicted molar refractivity (Wildman–Crippen MR) is 152 cm³/mol. The van der Waals surface area contributed by atoms with E-state index < -0.39 is 12.1 Å². The van der Waals surface area contributed by atoms with E-state index in [1.165, 1.54) is 51.4 Å². The van der Waals surface area contributed by atoms with Gasteiger partial charge in [0.2, 0.25) is 0 Å². The first-order chi connectivity index (χ1) is 18.7. The van der Waals surface area contributed by atoms with Crippen molar-refractivity contribution in [2.75, 3.05) is 13.2 Å². The molecule has 0 aliphatic heterocycles. The quantitative estimate of drug-likeness (QED) is 0.171. The summed E-state index contributed by atoms with van der Waals surface area (Å²) in [6.45, 7) is 5.15. The van der Waals surface area contributed by atoms with Gasteiger partial charge in [0, 0.05) is 24.2 Å². The summed E-state index contributed by atoms with van der Waals surface area (Å²) in [5.41, 5.74) is 0. The molecule has 0 spiro atoms. The molecule has 218 valence electrons. The van der Waals surface area contributed by atoms with Crippen LogP contribution in [-0.4, -0.2) is 71.2 Å². The lowest BCUT2D eigenvalue weighted by Gasteiger charge is -2.48. The molecule has 2 atom stereocenters. The molecule has 0 radical (unpaired) electrons. The number of rotatable bonds is 15. The van der Waals surface area contributed by atoms with Crippen LogP contribution in [0.2, 0.25) is 0 Å². The minimum absolute atomic E-state index is 0.171. The molecule has 0 bridgehead atoms. The molecule has 6 nitrogen and oxygen atoms in total. The van der Waals surface area contributed by atoms with Crippen molar-refractivity contribution in [1.29, 1.82) is 0 Å². The van der Waals surface area contributed by atoms with Gasteiger partial charge in [0.25, 0.3) is 0 Å². The number of carbonyl (C=O) groups excluding carboxylic acids is 2. The number of esters is 2. The third kappa shape index (κ3) is 7.53. The smallest absolute Gasteiger partial charge is 0.325 e. The van der Waals surface area contributed by atoms with Crippen LogP contribution >= 0.6 is 0 Å². The van der Waals surface area contributed by atoms with E-state index in [9.17, 15) is 9.59 Å². The summed E-state index contributed by atoms with van der Waals surface area (Å²) in [6.07, 6.45) is 22.4. The Morgan fingerprint density at radius 1 is 0.553 bits per heavy atom. The molecule has 4 fully saturated rings. The largest absolute Gasteiger partial charge is 0.464 e. The first-order valence-corrected chi connectivity index (χ1v) is 16.5. The average Bonchev–Trinajstić information content (AvgIpc) is 3.75. The van der Waals surface area contributed by atoms with Gasteiger partial charge in [-0.05, 0) is 64.2 Å². The second kappa shape index (κ2) is 15.6. The molecule has 0 heterocycles. The molecule has 4 rings (SSSR count). The van der Waals surface area contributed by atoms with Gasteiger partial charge in [0.1, 0.15) is 12.1 Å². The van der Waals surface area contributed by atoms with Crippen molar-refractivity contribution < 1.29 is 19.1 Å². The third-order valence-corrected chi connectivity index (χ3v) is 9.89. The van der Waals surface area contributed by atoms with Crippen LogP contribution in [0.15, 0.2) is 0 Å². The normalized spacial score (nSPS) is 23.6. The summed E-state index contributed by atoms with van der Waals surface area (Å²) >= 11 is 0. The third-order valence-electron chi connectivity index (χ3n) is 9.89. The Kier molecular flexibility index (Phi) is 12.2. The van der Waals surface area contributed by atoms with Crippen molar-refractivity contribution in [3.05, 3.63) is 0 Å². The number of hydrogen-bond donors (Lipinski definition) is 0. The lowest BCUT2D eigenvalue weighted by Crippen LogP contribution is -2.66. The molecule has 38 heavy (non-hydrogen) atoms. The summed E-state index contributed by atoms with van der Waals surface area (Å²) in [6, 6.07) is 0.328. The van der Waals surface area contributed by atoms with Gasteiger partial charge in [0.15, 0.2) is 0 Å². The summed E-state index contributed by atoms with van der Waals surface area (Å²) in [5, 5.41) is 0. The maximum absolute atomic E-state index is 14.3. The lowest BCUT2D eigenvalue weighted by molar-refractivity contribution is -0.170. The van der Waals surface area contributed by atoms with E-state index >= 15 is 0 Å². The number of ether oxygens (including phenoxy) is 2. The zero-order valence-corrected chi connectivity index (χ0v) is 24.5. The molecule has 0 aromatic carbocycles. The Balaban J connectivity index is 1.75. The Hall–Kier alpha value is -1.14. The zero-order valence-electron chi connectivity index (χ0n) is 24.5. The topological polar surface area (TPSA) is 59.1 Å². The highest BCUT2D eigenvalue weighted by Gasteiger charge is 2.52. The molecule has 2 unspecified atom stereocenters. The van der Waals surface area contributed by atoms with Crippen LogP contribution in [0.3, 0.4) is 0 Å². The van der Waals surface area contributed by atoms with E-state index in [-0.39, 0.29) is 11.9 Å². The van der Waals surface area contributed by atoms with Gasteiger partial charge in [0.05, 0.1) is 13.2 Å². The predicted octanol–water partition coefficient (Wildman–Crippen LogP) is 6.78. The zero-order chi connectivity index (χ0) is 26.7. The highest BCUT2D eigenvalue weighted by molar-refractivity contribution is 5.87. The van der Waals surface area contributed by atoms with Crippen LogP contribution in [0, 0.1) is 0 Å². The van der Waals surface area contributed by atoms with Crippen molar-refractivity contribution in [1.82, 2.24) is 9.80 Å². The molecule has 0 aromatic heterocycles. The summed E-state index contributed by atoms with van der Waals surface area (Å²) in [4.78, 5) is 33.6. The SMILES string of the molecule is CCCCOC(=O)C(C(C(=O)OCCCC)N(C1CCCC1)C1CCCC1)N(C1CCCC1)C1CCCC1. The number of nitrogens with zero attached hydrogens (tertiary/aromatic N) is 2. The number of carbonyl (C=O) groups is 2.